The quantitative estimate of drug-likeness (QED) is 0.295. The molecule has 30 heavy (non-hydrogen) atoms. The molecular weight excluding hydrogens is 493 g/mol. The lowest BCUT2D eigenvalue weighted by atomic mass is 10.1. The van der Waals surface area contributed by atoms with Crippen molar-refractivity contribution >= 4 is 41.5 Å². The first kappa shape index (κ1) is 23.8. The molecule has 1 saturated heterocycles. The minimum absolute atomic E-state index is 0. The van der Waals surface area contributed by atoms with E-state index in [4.69, 9.17) is 10.5 Å². The summed E-state index contributed by atoms with van der Waals surface area (Å²) < 4.78 is 5.50. The predicted octanol–water partition coefficient (Wildman–Crippen LogP) is 2.75. The van der Waals surface area contributed by atoms with Crippen molar-refractivity contribution in [2.75, 3.05) is 31.6 Å². The number of aliphatic imine (C=N–C) groups is 1. The van der Waals surface area contributed by atoms with E-state index in [9.17, 15) is 4.79 Å². The van der Waals surface area contributed by atoms with Gasteiger partial charge in [0, 0.05) is 31.2 Å². The smallest absolute Gasteiger partial charge is 0.248 e. The van der Waals surface area contributed by atoms with Gasteiger partial charge < -0.3 is 26.0 Å². The molecule has 0 spiro atoms. The Kier molecular flexibility index (Phi) is 9.22. The fourth-order valence-corrected chi connectivity index (χ4v) is 3.49. The Balaban J connectivity index is 0.00000320. The fourth-order valence-electron chi connectivity index (χ4n) is 3.49. The zero-order valence-corrected chi connectivity index (χ0v) is 19.8. The van der Waals surface area contributed by atoms with E-state index in [0.717, 1.165) is 49.0 Å². The number of halogens is 1. The van der Waals surface area contributed by atoms with Crippen LogP contribution in [-0.2, 0) is 6.54 Å². The monoisotopic (exact) mass is 523 g/mol. The molecule has 2 aromatic rings. The topological polar surface area (TPSA) is 92.0 Å². The van der Waals surface area contributed by atoms with Crippen LogP contribution in [-0.4, -0.2) is 44.7 Å². The Hall–Kier alpha value is -2.49. The molecule has 1 fully saturated rings. The third-order valence-electron chi connectivity index (χ3n) is 4.93. The normalized spacial score (nSPS) is 16.0. The van der Waals surface area contributed by atoms with Gasteiger partial charge in [-0.15, -0.1) is 24.0 Å². The van der Waals surface area contributed by atoms with Gasteiger partial charge in [0.15, 0.2) is 5.96 Å². The summed E-state index contributed by atoms with van der Waals surface area (Å²) in [7, 11) is 1.70. The van der Waals surface area contributed by atoms with Crippen LogP contribution in [0.5, 0.6) is 5.75 Å². The van der Waals surface area contributed by atoms with E-state index in [1.807, 2.05) is 37.3 Å². The van der Waals surface area contributed by atoms with Gasteiger partial charge in [0.1, 0.15) is 5.75 Å². The maximum Gasteiger partial charge on any atom is 0.248 e. The van der Waals surface area contributed by atoms with E-state index in [1.54, 1.807) is 19.2 Å². The first-order valence-corrected chi connectivity index (χ1v) is 9.92. The molecule has 1 aliphatic heterocycles. The molecule has 0 aromatic heterocycles. The minimum Gasteiger partial charge on any atom is -0.495 e. The maximum absolute atomic E-state index is 11.4. The Morgan fingerprint density at radius 2 is 2.07 bits per heavy atom. The largest absolute Gasteiger partial charge is 0.495 e. The fraction of sp³-hybridized carbons (Fsp3) is 0.364. The number of ether oxygens (including phenoxy) is 1. The predicted molar refractivity (Wildman–Crippen MR) is 132 cm³/mol. The number of anilines is 1. The first-order chi connectivity index (χ1) is 14.1. The average molecular weight is 523 g/mol. The first-order valence-electron chi connectivity index (χ1n) is 9.92. The van der Waals surface area contributed by atoms with Crippen LogP contribution < -0.4 is 26.0 Å². The van der Waals surface area contributed by atoms with E-state index in [-0.39, 0.29) is 30.0 Å². The molecule has 3 rings (SSSR count). The lowest BCUT2D eigenvalue weighted by molar-refractivity contribution is 0.1000. The van der Waals surface area contributed by atoms with Crippen LogP contribution in [0.4, 0.5) is 5.69 Å². The van der Waals surface area contributed by atoms with Gasteiger partial charge in [-0.05, 0) is 43.2 Å². The highest BCUT2D eigenvalue weighted by Crippen LogP contribution is 2.30. The van der Waals surface area contributed by atoms with Crippen molar-refractivity contribution in [1.82, 2.24) is 10.6 Å². The van der Waals surface area contributed by atoms with Crippen LogP contribution in [0, 0.1) is 0 Å². The molecule has 0 aliphatic carbocycles. The Labute approximate surface area is 195 Å². The van der Waals surface area contributed by atoms with Crippen LogP contribution in [0.1, 0.15) is 29.3 Å². The summed E-state index contributed by atoms with van der Waals surface area (Å²) in [5.41, 5.74) is 7.92. The van der Waals surface area contributed by atoms with Crippen LogP contribution in [0.25, 0.3) is 0 Å². The minimum atomic E-state index is -0.428. The number of methoxy groups -OCH3 is 1. The number of primary amides is 1. The zero-order valence-electron chi connectivity index (χ0n) is 17.4. The molecule has 4 N–H and O–H groups in total. The summed E-state index contributed by atoms with van der Waals surface area (Å²) in [6, 6.07) is 15.6. The summed E-state index contributed by atoms with van der Waals surface area (Å²) in [6.07, 6.45) is 1.01. The number of hydrogen-bond acceptors (Lipinski definition) is 4. The summed E-state index contributed by atoms with van der Waals surface area (Å²) in [5, 5.41) is 6.82. The summed E-state index contributed by atoms with van der Waals surface area (Å²) >= 11 is 0. The SMILES string of the molecule is CCNC(=NCc1cccc(C(N)=O)c1)NC1CCN(c2ccccc2OC)C1.I. The van der Waals surface area contributed by atoms with Crippen molar-refractivity contribution in [3.05, 3.63) is 59.7 Å². The highest BCUT2D eigenvalue weighted by Gasteiger charge is 2.25. The Morgan fingerprint density at radius 3 is 2.80 bits per heavy atom. The van der Waals surface area contributed by atoms with Gasteiger partial charge in [-0.2, -0.15) is 0 Å². The number of rotatable bonds is 7. The number of nitrogens with two attached hydrogens (primary N) is 1. The maximum atomic E-state index is 11.4. The molecule has 0 saturated carbocycles. The number of carbonyl (C=O) groups is 1. The lowest BCUT2D eigenvalue weighted by Gasteiger charge is -2.22. The highest BCUT2D eigenvalue weighted by atomic mass is 127. The van der Waals surface area contributed by atoms with Crippen LogP contribution in [0.2, 0.25) is 0 Å². The molecule has 8 heteroatoms. The third kappa shape index (κ3) is 6.25. The van der Waals surface area contributed by atoms with Crippen molar-refractivity contribution in [2.24, 2.45) is 10.7 Å². The second kappa shape index (κ2) is 11.6. The van der Waals surface area contributed by atoms with Gasteiger partial charge in [-0.1, -0.05) is 24.3 Å². The average Bonchev–Trinajstić information content (AvgIpc) is 3.20. The molecule has 1 unspecified atom stereocenters. The summed E-state index contributed by atoms with van der Waals surface area (Å²) in [5.74, 6) is 1.23. The zero-order chi connectivity index (χ0) is 20.6. The van der Waals surface area contributed by atoms with Crippen LogP contribution in [0.15, 0.2) is 53.5 Å². The lowest BCUT2D eigenvalue weighted by Crippen LogP contribution is -2.44. The molecular formula is C22H30IN5O2. The number of amides is 1. The second-order valence-electron chi connectivity index (χ2n) is 7.01. The number of benzene rings is 2. The number of hydrogen-bond donors (Lipinski definition) is 3. The van der Waals surface area contributed by atoms with Gasteiger partial charge in [-0.3, -0.25) is 4.79 Å². The number of nitrogens with one attached hydrogen (secondary N) is 2. The molecule has 1 heterocycles. The molecule has 1 aliphatic rings. The number of carbonyl (C=O) groups excluding carboxylic acids is 1. The van der Waals surface area contributed by atoms with Crippen LogP contribution in [0.3, 0.4) is 0 Å². The van der Waals surface area contributed by atoms with Crippen molar-refractivity contribution in [2.45, 2.75) is 25.9 Å². The van der Waals surface area contributed by atoms with Crippen molar-refractivity contribution in [3.63, 3.8) is 0 Å². The molecule has 1 atom stereocenters. The van der Waals surface area contributed by atoms with Crippen molar-refractivity contribution in [1.29, 1.82) is 0 Å². The molecule has 162 valence electrons. The van der Waals surface area contributed by atoms with Crippen LogP contribution >= 0.6 is 24.0 Å². The van der Waals surface area contributed by atoms with Gasteiger partial charge in [0.05, 0.1) is 19.3 Å². The van der Waals surface area contributed by atoms with E-state index in [0.29, 0.717) is 12.1 Å². The third-order valence-corrected chi connectivity index (χ3v) is 4.93. The summed E-state index contributed by atoms with van der Waals surface area (Å²) in [6.45, 7) is 5.12. The molecule has 0 radical (unpaired) electrons. The van der Waals surface area contributed by atoms with E-state index in [2.05, 4.69) is 26.6 Å². The molecule has 1 amide bonds. The Morgan fingerprint density at radius 1 is 1.27 bits per heavy atom. The molecule has 2 aromatic carbocycles. The molecule has 0 bridgehead atoms. The van der Waals surface area contributed by atoms with Gasteiger partial charge in [0.2, 0.25) is 5.91 Å². The number of nitrogens with zero attached hydrogens (tertiary/aromatic N) is 2. The van der Waals surface area contributed by atoms with Crippen molar-refractivity contribution in [3.8, 4) is 5.75 Å². The van der Waals surface area contributed by atoms with Gasteiger partial charge >= 0.3 is 0 Å². The molecule has 7 nitrogen and oxygen atoms in total. The second-order valence-corrected chi connectivity index (χ2v) is 7.01. The highest BCUT2D eigenvalue weighted by molar-refractivity contribution is 14.0. The van der Waals surface area contributed by atoms with E-state index in [1.165, 1.54) is 0 Å². The number of para-hydroxylation sites is 2. The van der Waals surface area contributed by atoms with Gasteiger partial charge in [-0.25, -0.2) is 4.99 Å². The van der Waals surface area contributed by atoms with Crippen molar-refractivity contribution < 1.29 is 9.53 Å². The Bertz CT molecular complexity index is 874. The number of guanidine groups is 1. The van der Waals surface area contributed by atoms with E-state index < -0.39 is 5.91 Å². The van der Waals surface area contributed by atoms with E-state index >= 15 is 0 Å². The standard InChI is InChI=1S/C22H29N5O2.HI/c1-3-24-22(25-14-16-7-6-8-17(13-16)21(23)28)26-18-11-12-27(15-18)19-9-4-5-10-20(19)29-2;/h4-10,13,18H,3,11-12,14-15H2,1-2H3,(H2,23,28)(H2,24,25,26);1H. The summed E-state index contributed by atoms with van der Waals surface area (Å²) in [4.78, 5) is 18.4. The van der Waals surface area contributed by atoms with Gasteiger partial charge in [0.25, 0.3) is 0 Å².